The van der Waals surface area contributed by atoms with Crippen molar-refractivity contribution in [3.8, 4) is 11.1 Å². The number of aryl methyl sites for hydroxylation is 1. The molecule has 2 aromatic rings. The third kappa shape index (κ3) is 4.79. The van der Waals surface area contributed by atoms with Crippen LogP contribution in [0.2, 0.25) is 5.02 Å². The Bertz CT molecular complexity index is 773. The first kappa shape index (κ1) is 20.9. The fraction of sp³-hybridized carbons (Fsp3) is 0.455. The van der Waals surface area contributed by atoms with Crippen molar-refractivity contribution in [3.05, 3.63) is 52.5 Å². The standard InChI is InChI=1S/C22H29ClN2S2/c1-3-24-9-11-25(12-10-24)17-14-19(18-7-5-4-6-16(18)2)22(23)20(15-17)21(27)8-13-26/h4-7,14-15,21,26-27H,3,8-13H2,1-2H3. The number of halogens is 1. The molecule has 5 heteroatoms. The molecule has 2 nitrogen and oxygen atoms in total. The van der Waals surface area contributed by atoms with E-state index >= 15 is 0 Å². The summed E-state index contributed by atoms with van der Waals surface area (Å²) in [5, 5.41) is 0.914. The van der Waals surface area contributed by atoms with Crippen molar-refractivity contribution in [2.75, 3.05) is 43.4 Å². The first-order valence-electron chi connectivity index (χ1n) is 9.70. The molecule has 2 aromatic carbocycles. The van der Waals surface area contributed by atoms with E-state index in [9.17, 15) is 0 Å². The van der Waals surface area contributed by atoms with Crippen LogP contribution in [0.25, 0.3) is 11.1 Å². The van der Waals surface area contributed by atoms with E-state index in [0.29, 0.717) is 0 Å². The summed E-state index contributed by atoms with van der Waals surface area (Å²) in [7, 11) is 0. The molecule has 1 fully saturated rings. The molecule has 0 bridgehead atoms. The van der Waals surface area contributed by atoms with Crippen molar-refractivity contribution < 1.29 is 0 Å². The van der Waals surface area contributed by atoms with Gasteiger partial charge in [0.2, 0.25) is 0 Å². The second-order valence-electron chi connectivity index (χ2n) is 7.16. The number of likely N-dealkylation sites (N-methyl/N-ethyl adjacent to an activating group) is 1. The fourth-order valence-corrected chi connectivity index (χ4v) is 4.94. The SMILES string of the molecule is CCN1CCN(c2cc(-c3ccccc3C)c(Cl)c(C(S)CCS)c2)CC1. The van der Waals surface area contributed by atoms with E-state index in [4.69, 9.17) is 24.2 Å². The summed E-state index contributed by atoms with van der Waals surface area (Å²) in [6.45, 7) is 9.80. The summed E-state index contributed by atoms with van der Waals surface area (Å²) in [4.78, 5) is 4.98. The van der Waals surface area contributed by atoms with Crippen LogP contribution in [-0.4, -0.2) is 43.4 Å². The van der Waals surface area contributed by atoms with Gasteiger partial charge in [-0.2, -0.15) is 25.3 Å². The van der Waals surface area contributed by atoms with Gasteiger partial charge in [-0.05, 0) is 54.5 Å². The molecule has 1 aliphatic heterocycles. The van der Waals surface area contributed by atoms with E-state index in [1.54, 1.807) is 0 Å². The molecule has 1 heterocycles. The Balaban J connectivity index is 2.05. The predicted molar refractivity (Wildman–Crippen MR) is 126 cm³/mol. The van der Waals surface area contributed by atoms with Crippen molar-refractivity contribution in [3.63, 3.8) is 0 Å². The summed E-state index contributed by atoms with van der Waals surface area (Å²) in [6, 6.07) is 13.0. The largest absolute Gasteiger partial charge is 0.369 e. The van der Waals surface area contributed by atoms with Gasteiger partial charge in [0.05, 0.1) is 5.02 Å². The number of piperazine rings is 1. The van der Waals surface area contributed by atoms with Crippen molar-refractivity contribution in [2.45, 2.75) is 25.5 Å². The maximum absolute atomic E-state index is 6.90. The highest BCUT2D eigenvalue weighted by Crippen LogP contribution is 2.41. The number of hydrogen-bond acceptors (Lipinski definition) is 4. The summed E-state index contributed by atoms with van der Waals surface area (Å²) in [5.74, 6) is 0.795. The Morgan fingerprint density at radius 1 is 1.07 bits per heavy atom. The van der Waals surface area contributed by atoms with E-state index in [2.05, 4.69) is 72.7 Å². The molecule has 0 aliphatic carbocycles. The van der Waals surface area contributed by atoms with Crippen molar-refractivity contribution >= 4 is 42.5 Å². The fourth-order valence-electron chi connectivity index (χ4n) is 3.73. The number of thiol groups is 2. The minimum absolute atomic E-state index is 0.0923. The van der Waals surface area contributed by atoms with Gasteiger partial charge in [0, 0.05) is 42.7 Å². The number of anilines is 1. The molecule has 0 saturated carbocycles. The summed E-state index contributed by atoms with van der Waals surface area (Å²) in [5.41, 5.74) is 5.91. The highest BCUT2D eigenvalue weighted by molar-refractivity contribution is 7.81. The van der Waals surface area contributed by atoms with Crippen LogP contribution < -0.4 is 4.90 Å². The maximum atomic E-state index is 6.90. The molecule has 0 N–H and O–H groups in total. The third-order valence-corrected chi connectivity index (χ3v) is 6.68. The smallest absolute Gasteiger partial charge is 0.0529 e. The highest BCUT2D eigenvalue weighted by Gasteiger charge is 2.21. The van der Waals surface area contributed by atoms with Gasteiger partial charge < -0.3 is 9.80 Å². The normalized spacial score (nSPS) is 16.6. The van der Waals surface area contributed by atoms with Gasteiger partial charge >= 0.3 is 0 Å². The Morgan fingerprint density at radius 3 is 2.41 bits per heavy atom. The van der Waals surface area contributed by atoms with Crippen LogP contribution in [0.4, 0.5) is 5.69 Å². The lowest BCUT2D eigenvalue weighted by Gasteiger charge is -2.36. The zero-order valence-electron chi connectivity index (χ0n) is 16.2. The minimum Gasteiger partial charge on any atom is -0.369 e. The van der Waals surface area contributed by atoms with Crippen LogP contribution in [0.15, 0.2) is 36.4 Å². The van der Waals surface area contributed by atoms with Crippen molar-refractivity contribution in [1.82, 2.24) is 4.90 Å². The lowest BCUT2D eigenvalue weighted by molar-refractivity contribution is 0.271. The number of benzene rings is 2. The van der Waals surface area contributed by atoms with Crippen LogP contribution >= 0.6 is 36.9 Å². The lowest BCUT2D eigenvalue weighted by atomic mass is 9.96. The molecule has 146 valence electrons. The lowest BCUT2D eigenvalue weighted by Crippen LogP contribution is -2.46. The van der Waals surface area contributed by atoms with Crippen molar-refractivity contribution in [2.24, 2.45) is 0 Å². The van der Waals surface area contributed by atoms with E-state index < -0.39 is 0 Å². The molecular formula is C22H29ClN2S2. The molecular weight excluding hydrogens is 392 g/mol. The van der Waals surface area contributed by atoms with Crippen LogP contribution in [0.1, 0.15) is 29.7 Å². The maximum Gasteiger partial charge on any atom is 0.0529 e. The van der Waals surface area contributed by atoms with Gasteiger partial charge in [0.15, 0.2) is 0 Å². The van der Waals surface area contributed by atoms with Gasteiger partial charge in [-0.15, -0.1) is 0 Å². The molecule has 1 unspecified atom stereocenters. The van der Waals surface area contributed by atoms with Gasteiger partial charge in [-0.1, -0.05) is 42.8 Å². The zero-order valence-corrected chi connectivity index (χ0v) is 18.7. The number of rotatable bonds is 6. The van der Waals surface area contributed by atoms with Crippen LogP contribution in [0.5, 0.6) is 0 Å². The summed E-state index contributed by atoms with van der Waals surface area (Å²) < 4.78 is 0. The van der Waals surface area contributed by atoms with E-state index in [1.165, 1.54) is 16.8 Å². The number of hydrogen-bond donors (Lipinski definition) is 2. The molecule has 1 saturated heterocycles. The second-order valence-corrected chi connectivity index (χ2v) is 8.61. The molecule has 0 radical (unpaired) electrons. The first-order valence-corrected chi connectivity index (χ1v) is 11.2. The highest BCUT2D eigenvalue weighted by atomic mass is 35.5. The first-order chi connectivity index (χ1) is 13.0. The topological polar surface area (TPSA) is 6.48 Å². The zero-order chi connectivity index (χ0) is 19.4. The Morgan fingerprint density at radius 2 is 1.78 bits per heavy atom. The molecule has 0 amide bonds. The Hall–Kier alpha value is -0.810. The van der Waals surface area contributed by atoms with Crippen LogP contribution in [0, 0.1) is 6.92 Å². The summed E-state index contributed by atoms with van der Waals surface area (Å²) in [6.07, 6.45) is 0.895. The van der Waals surface area contributed by atoms with E-state index in [0.717, 1.165) is 61.0 Å². The molecule has 3 rings (SSSR count). The molecule has 27 heavy (non-hydrogen) atoms. The summed E-state index contributed by atoms with van der Waals surface area (Å²) >= 11 is 16.1. The van der Waals surface area contributed by atoms with E-state index in [-0.39, 0.29) is 5.25 Å². The van der Waals surface area contributed by atoms with Crippen LogP contribution in [0.3, 0.4) is 0 Å². The molecule has 1 aliphatic rings. The molecule has 0 aromatic heterocycles. The van der Waals surface area contributed by atoms with Crippen molar-refractivity contribution in [1.29, 1.82) is 0 Å². The average Bonchev–Trinajstić information content (AvgIpc) is 2.69. The van der Waals surface area contributed by atoms with Gasteiger partial charge in [-0.3, -0.25) is 0 Å². The van der Waals surface area contributed by atoms with E-state index in [1.807, 2.05) is 0 Å². The molecule has 0 spiro atoms. The van der Waals surface area contributed by atoms with Crippen LogP contribution in [-0.2, 0) is 0 Å². The molecule has 1 atom stereocenters. The second kappa shape index (κ2) is 9.60. The predicted octanol–water partition coefficient (Wildman–Crippen LogP) is 5.75. The quantitative estimate of drug-likeness (QED) is 0.574. The third-order valence-electron chi connectivity index (χ3n) is 5.47. The Labute approximate surface area is 179 Å². The Kier molecular flexibility index (Phi) is 7.43. The average molecular weight is 421 g/mol. The minimum atomic E-state index is 0.0923. The van der Waals surface area contributed by atoms with Gasteiger partial charge in [0.25, 0.3) is 0 Å². The van der Waals surface area contributed by atoms with Gasteiger partial charge in [-0.25, -0.2) is 0 Å². The number of nitrogens with zero attached hydrogens (tertiary/aromatic N) is 2. The monoisotopic (exact) mass is 420 g/mol. The van der Waals surface area contributed by atoms with Gasteiger partial charge in [0.1, 0.15) is 0 Å².